The second-order valence-electron chi connectivity index (χ2n) is 4.97. The molecule has 1 aliphatic heterocycles. The molecular weight excluding hydrogens is 248 g/mol. The van der Waals surface area contributed by atoms with Crippen LogP contribution in [0.25, 0.3) is 0 Å². The fourth-order valence-corrected chi connectivity index (χ4v) is 2.62. The molecule has 0 saturated carbocycles. The van der Waals surface area contributed by atoms with Gasteiger partial charge in [-0.3, -0.25) is 0 Å². The molecule has 3 rings (SSSR count). The SMILES string of the molecule is N#Cc1nc(N2CCc3ccccc3CC2)ccc1N. The van der Waals surface area contributed by atoms with Gasteiger partial charge in [0, 0.05) is 13.1 Å². The monoisotopic (exact) mass is 264 g/mol. The number of fused-ring (bicyclic) bond motifs is 1. The quantitative estimate of drug-likeness (QED) is 0.857. The highest BCUT2D eigenvalue weighted by molar-refractivity contribution is 5.55. The molecule has 4 nitrogen and oxygen atoms in total. The van der Waals surface area contributed by atoms with Crippen LogP contribution in [0.4, 0.5) is 11.5 Å². The number of nitrogens with zero attached hydrogens (tertiary/aromatic N) is 3. The van der Waals surface area contributed by atoms with Crippen LogP contribution in [0, 0.1) is 11.3 Å². The first-order chi connectivity index (χ1) is 9.78. The summed E-state index contributed by atoms with van der Waals surface area (Å²) in [5.41, 5.74) is 9.29. The van der Waals surface area contributed by atoms with Gasteiger partial charge in [-0.2, -0.15) is 5.26 Å². The van der Waals surface area contributed by atoms with Gasteiger partial charge in [0.1, 0.15) is 11.9 Å². The standard InChI is InChI=1S/C16H16N4/c17-11-15-14(18)5-6-16(19-15)20-9-7-12-3-1-2-4-13(12)8-10-20/h1-6H,7-10,18H2. The molecule has 0 saturated heterocycles. The topological polar surface area (TPSA) is 65.9 Å². The molecule has 0 atom stereocenters. The number of hydrogen-bond acceptors (Lipinski definition) is 4. The van der Waals surface area contributed by atoms with Crippen molar-refractivity contribution < 1.29 is 0 Å². The lowest BCUT2D eigenvalue weighted by molar-refractivity contribution is 0.790. The van der Waals surface area contributed by atoms with Crippen molar-refractivity contribution in [2.75, 3.05) is 23.7 Å². The maximum atomic E-state index is 9.03. The highest BCUT2D eigenvalue weighted by Crippen LogP contribution is 2.21. The lowest BCUT2D eigenvalue weighted by Crippen LogP contribution is -2.27. The summed E-state index contributed by atoms with van der Waals surface area (Å²) in [5, 5.41) is 9.03. The van der Waals surface area contributed by atoms with Crippen LogP contribution in [-0.2, 0) is 12.8 Å². The van der Waals surface area contributed by atoms with E-state index in [4.69, 9.17) is 11.0 Å². The smallest absolute Gasteiger partial charge is 0.165 e. The summed E-state index contributed by atoms with van der Waals surface area (Å²) >= 11 is 0. The molecule has 0 fully saturated rings. The second kappa shape index (κ2) is 5.22. The summed E-state index contributed by atoms with van der Waals surface area (Å²) in [6.45, 7) is 1.83. The van der Waals surface area contributed by atoms with E-state index in [1.807, 2.05) is 12.1 Å². The number of nitrogens with two attached hydrogens (primary N) is 1. The molecule has 0 amide bonds. The predicted octanol–water partition coefficient (Wildman–Crippen LogP) is 2.14. The van der Waals surface area contributed by atoms with Crippen LogP contribution >= 0.6 is 0 Å². The normalized spacial score (nSPS) is 14.2. The molecule has 2 heterocycles. The molecule has 20 heavy (non-hydrogen) atoms. The van der Waals surface area contributed by atoms with E-state index in [0.717, 1.165) is 31.7 Å². The van der Waals surface area contributed by atoms with Gasteiger partial charge in [0.2, 0.25) is 0 Å². The number of nitrogen functional groups attached to an aromatic ring is 1. The minimum atomic E-state index is 0.310. The Morgan fingerprint density at radius 3 is 2.30 bits per heavy atom. The molecule has 0 unspecified atom stereocenters. The van der Waals surface area contributed by atoms with Gasteiger partial charge < -0.3 is 10.6 Å². The third-order valence-corrected chi connectivity index (χ3v) is 3.76. The minimum absolute atomic E-state index is 0.310. The van der Waals surface area contributed by atoms with E-state index in [9.17, 15) is 0 Å². The molecule has 0 radical (unpaired) electrons. The summed E-state index contributed by atoms with van der Waals surface area (Å²) in [6, 6.07) is 14.3. The van der Waals surface area contributed by atoms with Crippen molar-refractivity contribution >= 4 is 11.5 Å². The lowest BCUT2D eigenvalue weighted by atomic mass is 10.0. The number of hydrogen-bond donors (Lipinski definition) is 1. The van der Waals surface area contributed by atoms with Gasteiger partial charge in [0.05, 0.1) is 5.69 Å². The van der Waals surface area contributed by atoms with Crippen molar-refractivity contribution in [2.45, 2.75) is 12.8 Å². The number of benzene rings is 1. The van der Waals surface area contributed by atoms with Crippen LogP contribution in [0.3, 0.4) is 0 Å². The number of rotatable bonds is 1. The molecule has 2 aromatic rings. The third kappa shape index (κ3) is 2.30. The molecule has 100 valence electrons. The summed E-state index contributed by atoms with van der Waals surface area (Å²) in [5.74, 6) is 0.837. The Hall–Kier alpha value is -2.54. The average molecular weight is 264 g/mol. The van der Waals surface area contributed by atoms with Crippen LogP contribution in [0.2, 0.25) is 0 Å². The Labute approximate surface area is 118 Å². The summed E-state index contributed by atoms with van der Waals surface area (Å²) < 4.78 is 0. The molecule has 4 heteroatoms. The van der Waals surface area contributed by atoms with Gasteiger partial charge in [-0.1, -0.05) is 24.3 Å². The number of aromatic nitrogens is 1. The largest absolute Gasteiger partial charge is 0.396 e. The highest BCUT2D eigenvalue weighted by Gasteiger charge is 2.15. The molecular formula is C16H16N4. The van der Waals surface area contributed by atoms with Crippen molar-refractivity contribution in [3.63, 3.8) is 0 Å². The molecule has 1 aromatic heterocycles. The van der Waals surface area contributed by atoms with Crippen LogP contribution in [0.15, 0.2) is 36.4 Å². The van der Waals surface area contributed by atoms with Gasteiger partial charge in [0.25, 0.3) is 0 Å². The first-order valence-electron chi connectivity index (χ1n) is 6.76. The summed E-state index contributed by atoms with van der Waals surface area (Å²) in [4.78, 5) is 6.58. The molecule has 1 aliphatic rings. The van der Waals surface area contributed by atoms with Crippen molar-refractivity contribution in [3.05, 3.63) is 53.2 Å². The Morgan fingerprint density at radius 2 is 1.70 bits per heavy atom. The molecule has 1 aromatic carbocycles. The zero-order valence-electron chi connectivity index (χ0n) is 11.2. The summed E-state index contributed by atoms with van der Waals surface area (Å²) in [6.07, 6.45) is 2.01. The highest BCUT2D eigenvalue weighted by atomic mass is 15.2. The van der Waals surface area contributed by atoms with Crippen molar-refractivity contribution in [1.29, 1.82) is 5.26 Å². The first kappa shape index (κ1) is 12.5. The van der Waals surface area contributed by atoms with Gasteiger partial charge in [-0.25, -0.2) is 4.98 Å². The summed E-state index contributed by atoms with van der Waals surface area (Å²) in [7, 11) is 0. The zero-order valence-corrected chi connectivity index (χ0v) is 11.2. The van der Waals surface area contributed by atoms with Gasteiger partial charge in [-0.05, 0) is 36.1 Å². The van der Waals surface area contributed by atoms with Crippen molar-refractivity contribution in [2.24, 2.45) is 0 Å². The molecule has 0 aliphatic carbocycles. The zero-order chi connectivity index (χ0) is 13.9. The number of pyridine rings is 1. The third-order valence-electron chi connectivity index (χ3n) is 3.76. The van der Waals surface area contributed by atoms with Crippen LogP contribution in [-0.4, -0.2) is 18.1 Å². The van der Waals surface area contributed by atoms with E-state index in [2.05, 4.69) is 34.1 Å². The van der Waals surface area contributed by atoms with Crippen LogP contribution in [0.1, 0.15) is 16.8 Å². The first-order valence-corrected chi connectivity index (χ1v) is 6.76. The maximum Gasteiger partial charge on any atom is 0.165 e. The van der Waals surface area contributed by atoms with Crippen LogP contribution < -0.4 is 10.6 Å². The Kier molecular flexibility index (Phi) is 3.26. The predicted molar refractivity (Wildman–Crippen MR) is 79.4 cm³/mol. The Bertz CT molecular complexity index is 645. The minimum Gasteiger partial charge on any atom is -0.396 e. The van der Waals surface area contributed by atoms with Crippen molar-refractivity contribution in [1.82, 2.24) is 4.98 Å². The van der Waals surface area contributed by atoms with Gasteiger partial charge in [0.15, 0.2) is 5.69 Å². The lowest BCUT2D eigenvalue weighted by Gasteiger charge is -2.21. The van der Waals surface area contributed by atoms with Crippen molar-refractivity contribution in [3.8, 4) is 6.07 Å². The van der Waals surface area contributed by atoms with E-state index in [1.165, 1.54) is 11.1 Å². The van der Waals surface area contributed by atoms with E-state index < -0.39 is 0 Å². The van der Waals surface area contributed by atoms with E-state index >= 15 is 0 Å². The van der Waals surface area contributed by atoms with Crippen LogP contribution in [0.5, 0.6) is 0 Å². The maximum absolute atomic E-state index is 9.03. The van der Waals surface area contributed by atoms with Gasteiger partial charge >= 0.3 is 0 Å². The Balaban J connectivity index is 1.85. The molecule has 0 spiro atoms. The van der Waals surface area contributed by atoms with Gasteiger partial charge in [-0.15, -0.1) is 0 Å². The molecule has 0 bridgehead atoms. The van der Waals surface area contributed by atoms with E-state index in [1.54, 1.807) is 6.07 Å². The number of anilines is 2. The van der Waals surface area contributed by atoms with E-state index in [-0.39, 0.29) is 0 Å². The Morgan fingerprint density at radius 1 is 1.05 bits per heavy atom. The average Bonchev–Trinajstić information content (AvgIpc) is 2.70. The number of nitriles is 1. The fourth-order valence-electron chi connectivity index (χ4n) is 2.62. The molecule has 2 N–H and O–H groups in total. The van der Waals surface area contributed by atoms with E-state index in [0.29, 0.717) is 11.4 Å². The fraction of sp³-hybridized carbons (Fsp3) is 0.250. The second-order valence-corrected chi connectivity index (χ2v) is 4.97.